The van der Waals surface area contributed by atoms with Crippen LogP contribution in [0, 0.1) is 0 Å². The summed E-state index contributed by atoms with van der Waals surface area (Å²) in [5, 5.41) is -0.952. The van der Waals surface area contributed by atoms with E-state index < -0.39 is 16.9 Å². The molecule has 0 atom stereocenters. The number of Topliss-reactive ketones (excluding diaryl/α,β-unsaturated/α-hetero) is 1. The molecule has 0 radical (unpaired) electrons. The molecule has 0 saturated carbocycles. The SMILES string of the molecule is CC(=O)Cn1c(=O)n(C)c2ncc(-c3cnc(C(F)(F)F)s3)cc21. The molecular weight excluding hydrogens is 345 g/mol. The Kier molecular flexibility index (Phi) is 3.78. The van der Waals surface area contributed by atoms with E-state index in [1.807, 2.05) is 0 Å². The zero-order valence-corrected chi connectivity index (χ0v) is 13.4. The number of aromatic nitrogens is 4. The lowest BCUT2D eigenvalue weighted by molar-refractivity contribution is -0.137. The molecule has 24 heavy (non-hydrogen) atoms. The molecule has 10 heteroatoms. The molecule has 3 aromatic heterocycles. The van der Waals surface area contributed by atoms with E-state index in [1.165, 1.54) is 29.3 Å². The lowest BCUT2D eigenvalue weighted by Gasteiger charge is -2.02. The Morgan fingerprint density at radius 2 is 2.00 bits per heavy atom. The van der Waals surface area contributed by atoms with Gasteiger partial charge in [0.1, 0.15) is 5.78 Å². The number of pyridine rings is 1. The van der Waals surface area contributed by atoms with E-state index in [1.54, 1.807) is 6.07 Å². The number of hydrogen-bond donors (Lipinski definition) is 0. The number of alkyl halides is 3. The van der Waals surface area contributed by atoms with Gasteiger partial charge in [-0.15, -0.1) is 11.3 Å². The second-order valence-corrected chi connectivity index (χ2v) is 6.25. The first kappa shape index (κ1) is 16.4. The van der Waals surface area contributed by atoms with E-state index in [0.717, 1.165) is 6.20 Å². The largest absolute Gasteiger partial charge is 0.443 e. The van der Waals surface area contributed by atoms with Crippen molar-refractivity contribution in [1.29, 1.82) is 0 Å². The van der Waals surface area contributed by atoms with Crippen molar-refractivity contribution in [3.8, 4) is 10.4 Å². The summed E-state index contributed by atoms with van der Waals surface area (Å²) in [7, 11) is 1.52. The van der Waals surface area contributed by atoms with Gasteiger partial charge in [0.25, 0.3) is 0 Å². The van der Waals surface area contributed by atoms with Gasteiger partial charge in [0, 0.05) is 25.0 Å². The Hall–Kier alpha value is -2.49. The lowest BCUT2D eigenvalue weighted by Crippen LogP contribution is -2.24. The van der Waals surface area contributed by atoms with Crippen molar-refractivity contribution < 1.29 is 18.0 Å². The third-order valence-corrected chi connectivity index (χ3v) is 4.48. The number of nitrogens with zero attached hydrogens (tertiary/aromatic N) is 4. The fourth-order valence-corrected chi connectivity index (χ4v) is 3.09. The molecule has 0 aliphatic rings. The third kappa shape index (κ3) is 2.73. The standard InChI is InChI=1S/C14H11F3N4O2S/c1-7(22)6-21-9-3-8(4-18-11(9)20(2)13(21)23)10-5-19-12(24-10)14(15,16)17/h3-5H,6H2,1-2H3. The molecule has 0 aliphatic carbocycles. The molecule has 0 bridgehead atoms. The minimum absolute atomic E-state index is 0.127. The van der Waals surface area contributed by atoms with Crippen LogP contribution in [0.1, 0.15) is 11.9 Å². The average molecular weight is 356 g/mol. The van der Waals surface area contributed by atoms with Gasteiger partial charge in [-0.1, -0.05) is 0 Å². The van der Waals surface area contributed by atoms with Gasteiger partial charge in [0.2, 0.25) is 0 Å². The normalized spacial score (nSPS) is 12.0. The Balaban J connectivity index is 2.16. The third-order valence-electron chi connectivity index (χ3n) is 3.39. The summed E-state index contributed by atoms with van der Waals surface area (Å²) in [4.78, 5) is 31.3. The van der Waals surface area contributed by atoms with E-state index in [-0.39, 0.29) is 17.2 Å². The van der Waals surface area contributed by atoms with Crippen molar-refractivity contribution in [3.05, 3.63) is 34.0 Å². The molecule has 0 aliphatic heterocycles. The van der Waals surface area contributed by atoms with Crippen LogP contribution < -0.4 is 5.69 Å². The quantitative estimate of drug-likeness (QED) is 0.723. The maximum Gasteiger partial charge on any atom is 0.443 e. The number of aryl methyl sites for hydroxylation is 1. The van der Waals surface area contributed by atoms with Crippen LogP contribution in [0.5, 0.6) is 0 Å². The second kappa shape index (κ2) is 5.55. The minimum atomic E-state index is -4.51. The van der Waals surface area contributed by atoms with Gasteiger partial charge in [0.05, 0.1) is 16.9 Å². The Labute approximate surface area is 137 Å². The maximum absolute atomic E-state index is 12.7. The highest BCUT2D eigenvalue weighted by atomic mass is 32.1. The Morgan fingerprint density at radius 1 is 1.29 bits per heavy atom. The fraction of sp³-hybridized carbons (Fsp3) is 0.286. The molecular formula is C14H11F3N4O2S. The number of carbonyl (C=O) groups excluding carboxylic acids is 1. The topological polar surface area (TPSA) is 69.8 Å². The molecule has 0 amide bonds. The van der Waals surface area contributed by atoms with Crippen molar-refractivity contribution in [3.63, 3.8) is 0 Å². The minimum Gasteiger partial charge on any atom is -0.298 e. The summed E-state index contributed by atoms with van der Waals surface area (Å²) in [6.45, 7) is 1.22. The first-order chi connectivity index (χ1) is 11.2. The second-order valence-electron chi connectivity index (χ2n) is 5.22. The van der Waals surface area contributed by atoms with Crippen molar-refractivity contribution in [2.24, 2.45) is 7.05 Å². The summed E-state index contributed by atoms with van der Waals surface area (Å²) >= 11 is 0.495. The molecule has 0 fully saturated rings. The molecule has 0 unspecified atom stereocenters. The summed E-state index contributed by atoms with van der Waals surface area (Å²) in [6.07, 6.45) is -2.01. The molecule has 0 saturated heterocycles. The zero-order valence-electron chi connectivity index (χ0n) is 12.6. The predicted molar refractivity (Wildman–Crippen MR) is 81.8 cm³/mol. The van der Waals surface area contributed by atoms with Gasteiger partial charge in [-0.05, 0) is 13.0 Å². The maximum atomic E-state index is 12.7. The van der Waals surface area contributed by atoms with Gasteiger partial charge in [-0.2, -0.15) is 13.2 Å². The first-order valence-electron chi connectivity index (χ1n) is 6.76. The van der Waals surface area contributed by atoms with Crippen molar-refractivity contribution in [2.45, 2.75) is 19.6 Å². The molecule has 3 heterocycles. The fourth-order valence-electron chi connectivity index (χ4n) is 2.33. The number of rotatable bonds is 3. The van der Waals surface area contributed by atoms with E-state index in [4.69, 9.17) is 0 Å². The van der Waals surface area contributed by atoms with Crippen molar-refractivity contribution in [2.75, 3.05) is 0 Å². The molecule has 6 nitrogen and oxygen atoms in total. The number of hydrogen-bond acceptors (Lipinski definition) is 5. The summed E-state index contributed by atoms with van der Waals surface area (Å²) < 4.78 is 40.6. The van der Waals surface area contributed by atoms with Crippen LogP contribution in [0.4, 0.5) is 13.2 Å². The van der Waals surface area contributed by atoms with E-state index in [9.17, 15) is 22.8 Å². The molecule has 3 rings (SSSR count). The van der Waals surface area contributed by atoms with Crippen LogP contribution in [0.25, 0.3) is 21.6 Å². The van der Waals surface area contributed by atoms with Crippen LogP contribution in [0.3, 0.4) is 0 Å². The number of imidazole rings is 1. The highest BCUT2D eigenvalue weighted by Gasteiger charge is 2.34. The average Bonchev–Trinajstić information content (AvgIpc) is 3.07. The van der Waals surface area contributed by atoms with Gasteiger partial charge >= 0.3 is 11.9 Å². The number of thiazole rings is 1. The zero-order chi connectivity index (χ0) is 17.6. The molecule has 0 aromatic carbocycles. The smallest absolute Gasteiger partial charge is 0.298 e. The monoisotopic (exact) mass is 356 g/mol. The molecule has 3 aromatic rings. The van der Waals surface area contributed by atoms with Crippen LogP contribution in [-0.2, 0) is 24.6 Å². The van der Waals surface area contributed by atoms with Gasteiger partial charge in [0.15, 0.2) is 10.7 Å². The van der Waals surface area contributed by atoms with E-state index >= 15 is 0 Å². The number of fused-ring (bicyclic) bond motifs is 1. The number of ketones is 1. The summed E-state index contributed by atoms with van der Waals surface area (Å²) in [5.41, 5.74) is 0.728. The van der Waals surface area contributed by atoms with Crippen LogP contribution >= 0.6 is 11.3 Å². The van der Waals surface area contributed by atoms with Gasteiger partial charge in [-0.25, -0.2) is 14.8 Å². The van der Waals surface area contributed by atoms with Crippen LogP contribution in [0.2, 0.25) is 0 Å². The van der Waals surface area contributed by atoms with Crippen LogP contribution in [0.15, 0.2) is 23.3 Å². The van der Waals surface area contributed by atoms with Gasteiger partial charge < -0.3 is 0 Å². The van der Waals surface area contributed by atoms with Crippen LogP contribution in [-0.4, -0.2) is 24.9 Å². The predicted octanol–water partition coefficient (Wildman–Crippen LogP) is 2.47. The van der Waals surface area contributed by atoms with Crippen molar-refractivity contribution >= 4 is 28.3 Å². The van der Waals surface area contributed by atoms with E-state index in [0.29, 0.717) is 28.1 Å². The molecule has 0 N–H and O–H groups in total. The Bertz CT molecular complexity index is 1000. The lowest BCUT2D eigenvalue weighted by atomic mass is 10.2. The Morgan fingerprint density at radius 3 is 2.58 bits per heavy atom. The number of halogens is 3. The van der Waals surface area contributed by atoms with Gasteiger partial charge in [-0.3, -0.25) is 13.9 Å². The highest BCUT2D eigenvalue weighted by molar-refractivity contribution is 7.15. The highest BCUT2D eigenvalue weighted by Crippen LogP contribution is 2.36. The first-order valence-corrected chi connectivity index (χ1v) is 7.58. The summed E-state index contributed by atoms with van der Waals surface area (Å²) in [5.74, 6) is -0.216. The molecule has 126 valence electrons. The van der Waals surface area contributed by atoms with E-state index in [2.05, 4.69) is 9.97 Å². The number of carbonyl (C=O) groups is 1. The molecule has 0 spiro atoms. The van der Waals surface area contributed by atoms with Crippen molar-refractivity contribution in [1.82, 2.24) is 19.1 Å². The summed E-state index contributed by atoms with van der Waals surface area (Å²) in [6, 6.07) is 1.54.